The normalized spacial score (nSPS) is 13.1. The van der Waals surface area contributed by atoms with Crippen LogP contribution < -0.4 is 5.32 Å². The van der Waals surface area contributed by atoms with Crippen LogP contribution in [-0.4, -0.2) is 31.9 Å². The van der Waals surface area contributed by atoms with E-state index in [9.17, 15) is 5.11 Å². The molecule has 3 nitrogen and oxygen atoms in total. The first kappa shape index (κ1) is 13.6. The molecule has 0 aliphatic rings. The van der Waals surface area contributed by atoms with E-state index in [0.29, 0.717) is 13.2 Å². The van der Waals surface area contributed by atoms with Crippen molar-refractivity contribution < 1.29 is 9.84 Å². The van der Waals surface area contributed by atoms with Gasteiger partial charge in [0, 0.05) is 29.5 Å². The Morgan fingerprint density at radius 2 is 2.33 bits per heavy atom. The maximum absolute atomic E-state index is 9.82. The molecule has 1 aromatic rings. The lowest BCUT2D eigenvalue weighted by Gasteiger charge is -2.09. The highest BCUT2D eigenvalue weighted by Crippen LogP contribution is 2.35. The minimum atomic E-state index is -0.463. The monoisotopic (exact) mass is 357 g/mol. The highest BCUT2D eigenvalue weighted by Gasteiger charge is 2.12. The third-order valence-corrected chi connectivity index (χ3v) is 5.17. The maximum Gasteiger partial charge on any atom is 0.101 e. The molecule has 1 atom stereocenters. The van der Waals surface area contributed by atoms with Crippen LogP contribution in [0.15, 0.2) is 14.3 Å². The first-order chi connectivity index (χ1) is 7.15. The van der Waals surface area contributed by atoms with Crippen LogP contribution in [-0.2, 0) is 4.74 Å². The molecule has 1 rings (SSSR count). The number of aliphatic hydroxyl groups excluding tert-OH is 1. The van der Waals surface area contributed by atoms with Gasteiger partial charge in [-0.15, -0.1) is 11.3 Å². The third-order valence-electron chi connectivity index (χ3n) is 1.81. The van der Waals surface area contributed by atoms with E-state index in [1.165, 1.54) is 11.3 Å². The molecule has 6 heteroatoms. The van der Waals surface area contributed by atoms with Crippen molar-refractivity contribution in [3.8, 4) is 0 Å². The Balaban J connectivity index is 2.36. The number of aliphatic hydroxyl groups is 1. The van der Waals surface area contributed by atoms with E-state index in [1.54, 1.807) is 7.11 Å². The molecule has 0 aromatic carbocycles. The average Bonchev–Trinajstić information content (AvgIpc) is 2.54. The fourth-order valence-electron chi connectivity index (χ4n) is 1.04. The summed E-state index contributed by atoms with van der Waals surface area (Å²) in [5, 5.41) is 12.9. The summed E-state index contributed by atoms with van der Waals surface area (Å²) >= 11 is 8.32. The molecule has 1 heterocycles. The summed E-state index contributed by atoms with van der Waals surface area (Å²) in [7, 11) is 1.66. The van der Waals surface area contributed by atoms with E-state index < -0.39 is 6.10 Å². The molecule has 0 radical (unpaired) electrons. The summed E-state index contributed by atoms with van der Waals surface area (Å²) in [6.07, 6.45) is -0.463. The van der Waals surface area contributed by atoms with Gasteiger partial charge >= 0.3 is 0 Å². The van der Waals surface area contributed by atoms with Crippen molar-refractivity contribution in [2.24, 2.45) is 0 Å². The van der Waals surface area contributed by atoms with E-state index in [1.807, 2.05) is 6.07 Å². The van der Waals surface area contributed by atoms with E-state index in [4.69, 9.17) is 4.74 Å². The van der Waals surface area contributed by atoms with Gasteiger partial charge in [-0.05, 0) is 37.9 Å². The molecule has 86 valence electrons. The minimum absolute atomic E-state index is 0.463. The van der Waals surface area contributed by atoms with Gasteiger partial charge in [-0.2, -0.15) is 0 Å². The quantitative estimate of drug-likeness (QED) is 0.768. The fourth-order valence-corrected chi connectivity index (χ4v) is 3.12. The lowest BCUT2D eigenvalue weighted by atomic mass is 10.3. The molecule has 15 heavy (non-hydrogen) atoms. The molecule has 2 N–H and O–H groups in total. The fraction of sp³-hybridized carbons (Fsp3) is 0.556. The highest BCUT2D eigenvalue weighted by atomic mass is 79.9. The maximum atomic E-state index is 9.82. The van der Waals surface area contributed by atoms with Crippen LogP contribution in [0.2, 0.25) is 0 Å². The zero-order valence-corrected chi connectivity index (χ0v) is 12.3. The zero-order chi connectivity index (χ0) is 11.3. The number of methoxy groups -OCH3 is 1. The second kappa shape index (κ2) is 6.98. The standard InChI is InChI=1S/C9H13Br2NO2S/c1-14-3-2-12-5-7(13)8-4-6(10)9(11)15-8/h4,7,12-13H,2-3,5H2,1H3. The van der Waals surface area contributed by atoms with E-state index in [-0.39, 0.29) is 0 Å². The van der Waals surface area contributed by atoms with Gasteiger partial charge in [0.15, 0.2) is 0 Å². The van der Waals surface area contributed by atoms with Crippen LogP contribution in [0, 0.1) is 0 Å². The van der Waals surface area contributed by atoms with Crippen molar-refractivity contribution in [1.82, 2.24) is 5.32 Å². The van der Waals surface area contributed by atoms with Crippen LogP contribution in [0.5, 0.6) is 0 Å². The van der Waals surface area contributed by atoms with Gasteiger partial charge in [0.25, 0.3) is 0 Å². The van der Waals surface area contributed by atoms with Crippen molar-refractivity contribution in [3.63, 3.8) is 0 Å². The molecule has 0 spiro atoms. The molecule has 1 aromatic heterocycles. The van der Waals surface area contributed by atoms with Crippen molar-refractivity contribution in [1.29, 1.82) is 0 Å². The van der Waals surface area contributed by atoms with Gasteiger partial charge in [0.1, 0.15) is 6.10 Å². The number of rotatable bonds is 6. The molecule has 0 amide bonds. The molecule has 0 fully saturated rings. The topological polar surface area (TPSA) is 41.5 Å². The summed E-state index contributed by atoms with van der Waals surface area (Å²) in [4.78, 5) is 0.943. The van der Waals surface area contributed by atoms with Crippen LogP contribution in [0.3, 0.4) is 0 Å². The van der Waals surface area contributed by atoms with E-state index in [0.717, 1.165) is 19.7 Å². The van der Waals surface area contributed by atoms with Gasteiger partial charge in [-0.1, -0.05) is 0 Å². The molecular weight excluding hydrogens is 346 g/mol. The molecule has 0 aliphatic heterocycles. The van der Waals surface area contributed by atoms with Crippen molar-refractivity contribution >= 4 is 43.2 Å². The Morgan fingerprint density at radius 3 is 2.87 bits per heavy atom. The van der Waals surface area contributed by atoms with Crippen molar-refractivity contribution in [3.05, 3.63) is 19.2 Å². The smallest absolute Gasteiger partial charge is 0.101 e. The average molecular weight is 359 g/mol. The lowest BCUT2D eigenvalue weighted by Crippen LogP contribution is -2.24. The van der Waals surface area contributed by atoms with Crippen molar-refractivity contribution in [2.75, 3.05) is 26.8 Å². The molecule has 0 saturated carbocycles. The Hall–Kier alpha value is 0.540. The first-order valence-electron chi connectivity index (χ1n) is 4.47. The van der Waals surface area contributed by atoms with Gasteiger partial charge in [0.05, 0.1) is 10.4 Å². The Morgan fingerprint density at radius 1 is 1.60 bits per heavy atom. The number of thiophene rings is 1. The van der Waals surface area contributed by atoms with Crippen LogP contribution in [0.4, 0.5) is 0 Å². The second-order valence-electron chi connectivity index (χ2n) is 2.98. The number of halogens is 2. The molecule has 1 unspecified atom stereocenters. The van der Waals surface area contributed by atoms with Crippen molar-refractivity contribution in [2.45, 2.75) is 6.10 Å². The number of hydrogen-bond acceptors (Lipinski definition) is 4. The highest BCUT2D eigenvalue weighted by molar-refractivity contribution is 9.13. The summed E-state index contributed by atoms with van der Waals surface area (Å²) in [6, 6.07) is 1.93. The number of hydrogen-bond donors (Lipinski definition) is 2. The number of nitrogens with one attached hydrogen (secondary N) is 1. The summed E-state index contributed by atoms with van der Waals surface area (Å²) < 4.78 is 6.89. The second-order valence-corrected chi connectivity index (χ2v) is 6.24. The summed E-state index contributed by atoms with van der Waals surface area (Å²) in [5.41, 5.74) is 0. The Bertz CT molecular complexity index is 287. The van der Waals surface area contributed by atoms with Crippen LogP contribution in [0.1, 0.15) is 11.0 Å². The largest absolute Gasteiger partial charge is 0.386 e. The molecule has 0 bridgehead atoms. The van der Waals surface area contributed by atoms with Crippen LogP contribution in [0.25, 0.3) is 0 Å². The molecule has 0 aliphatic carbocycles. The van der Waals surface area contributed by atoms with E-state index >= 15 is 0 Å². The Labute approximate surface area is 110 Å². The summed E-state index contributed by atoms with van der Waals surface area (Å²) in [6.45, 7) is 1.95. The minimum Gasteiger partial charge on any atom is -0.386 e. The van der Waals surface area contributed by atoms with Gasteiger partial charge in [0.2, 0.25) is 0 Å². The molecular formula is C9H13Br2NO2S. The zero-order valence-electron chi connectivity index (χ0n) is 8.30. The van der Waals surface area contributed by atoms with Gasteiger partial charge in [-0.25, -0.2) is 0 Å². The van der Waals surface area contributed by atoms with Gasteiger partial charge in [-0.3, -0.25) is 0 Å². The van der Waals surface area contributed by atoms with Gasteiger partial charge < -0.3 is 15.2 Å². The predicted octanol–water partition coefficient (Wildman–Crippen LogP) is 2.54. The lowest BCUT2D eigenvalue weighted by molar-refractivity contribution is 0.164. The van der Waals surface area contributed by atoms with Crippen LogP contribution >= 0.6 is 43.2 Å². The first-order valence-corrected chi connectivity index (χ1v) is 6.88. The SMILES string of the molecule is COCCNCC(O)c1cc(Br)c(Br)s1. The third kappa shape index (κ3) is 4.50. The predicted molar refractivity (Wildman–Crippen MR) is 69.4 cm³/mol. The number of ether oxygens (including phenoxy) is 1. The van der Waals surface area contributed by atoms with E-state index in [2.05, 4.69) is 37.2 Å². The Kier molecular flexibility index (Phi) is 6.33. The molecule has 0 saturated heterocycles. The summed E-state index contributed by atoms with van der Waals surface area (Å²) in [5.74, 6) is 0.